The van der Waals surface area contributed by atoms with Gasteiger partial charge in [0.2, 0.25) is 0 Å². The lowest BCUT2D eigenvalue weighted by Crippen LogP contribution is -2.36. The maximum Gasteiger partial charge on any atom is 0.320 e. The van der Waals surface area contributed by atoms with E-state index in [-0.39, 0.29) is 5.92 Å². The van der Waals surface area contributed by atoms with E-state index in [4.69, 9.17) is 21.7 Å². The second kappa shape index (κ2) is 8.19. The molecule has 0 rings (SSSR count). The van der Waals surface area contributed by atoms with Crippen molar-refractivity contribution in [1.29, 1.82) is 0 Å². The van der Waals surface area contributed by atoms with Crippen molar-refractivity contribution < 1.29 is 19.8 Å². The number of carbonyl (C=O) groups is 2. The van der Waals surface area contributed by atoms with Crippen molar-refractivity contribution in [1.82, 2.24) is 0 Å². The van der Waals surface area contributed by atoms with Gasteiger partial charge in [0, 0.05) is 0 Å². The van der Waals surface area contributed by atoms with E-state index in [2.05, 4.69) is 0 Å². The first-order valence-electron chi connectivity index (χ1n) is 4.70. The summed E-state index contributed by atoms with van der Waals surface area (Å²) in [5.41, 5.74) is 10.1. The number of rotatable bonds is 4. The Kier molecular flexibility index (Phi) is 8.90. The normalized spacial score (nSPS) is 15.5. The first-order valence-corrected chi connectivity index (χ1v) is 4.70. The highest BCUT2D eigenvalue weighted by Gasteiger charge is 2.17. The Labute approximate surface area is 89.3 Å². The molecule has 6 N–H and O–H groups in total. The fourth-order valence-electron chi connectivity index (χ4n) is 0.497. The molecule has 0 aliphatic rings. The van der Waals surface area contributed by atoms with E-state index in [1.807, 2.05) is 13.8 Å². The zero-order valence-corrected chi connectivity index (χ0v) is 9.30. The van der Waals surface area contributed by atoms with Gasteiger partial charge in [-0.25, -0.2) is 0 Å². The molecule has 0 fully saturated rings. The molecule has 0 saturated heterocycles. The summed E-state index contributed by atoms with van der Waals surface area (Å²) in [6.07, 6.45) is 0.813. The van der Waals surface area contributed by atoms with Gasteiger partial charge >= 0.3 is 11.9 Å². The van der Waals surface area contributed by atoms with E-state index >= 15 is 0 Å². The highest BCUT2D eigenvalue weighted by Crippen LogP contribution is 2.04. The third kappa shape index (κ3) is 9.17. The predicted octanol–water partition coefficient (Wildman–Crippen LogP) is -0.137. The lowest BCUT2D eigenvalue weighted by Gasteiger charge is -2.11. The van der Waals surface area contributed by atoms with Gasteiger partial charge in [-0.1, -0.05) is 20.3 Å². The van der Waals surface area contributed by atoms with Crippen molar-refractivity contribution in [2.45, 2.75) is 39.3 Å². The van der Waals surface area contributed by atoms with Crippen molar-refractivity contribution in [3.05, 3.63) is 0 Å². The molecule has 90 valence electrons. The van der Waals surface area contributed by atoms with Gasteiger partial charge in [0.15, 0.2) is 0 Å². The summed E-state index contributed by atoms with van der Waals surface area (Å²) >= 11 is 0. The summed E-state index contributed by atoms with van der Waals surface area (Å²) in [4.78, 5) is 19.7. The molecular weight excluding hydrogens is 200 g/mol. The van der Waals surface area contributed by atoms with Crippen LogP contribution in [-0.4, -0.2) is 34.2 Å². The van der Waals surface area contributed by atoms with Crippen LogP contribution in [0.1, 0.15) is 27.2 Å². The number of hydrogen-bond donors (Lipinski definition) is 4. The molecule has 0 aromatic heterocycles. The first kappa shape index (κ1) is 16.3. The van der Waals surface area contributed by atoms with E-state index < -0.39 is 24.0 Å². The molecule has 6 heteroatoms. The van der Waals surface area contributed by atoms with E-state index in [9.17, 15) is 9.59 Å². The molecule has 0 amide bonds. The molecule has 0 saturated carbocycles. The summed E-state index contributed by atoms with van der Waals surface area (Å²) < 4.78 is 0. The lowest BCUT2D eigenvalue weighted by atomic mass is 10.0. The van der Waals surface area contributed by atoms with Crippen LogP contribution in [0.25, 0.3) is 0 Å². The topological polar surface area (TPSA) is 127 Å². The molecule has 0 radical (unpaired) electrons. The SMILES string of the molecule is CC[C@H](C)[C@H](N)C(=O)O.C[C@@H](N)C(=O)O. The van der Waals surface area contributed by atoms with Crippen molar-refractivity contribution in [3.63, 3.8) is 0 Å². The van der Waals surface area contributed by atoms with Gasteiger partial charge < -0.3 is 21.7 Å². The monoisotopic (exact) mass is 220 g/mol. The maximum absolute atomic E-state index is 10.2. The molecule has 0 aliphatic carbocycles. The van der Waals surface area contributed by atoms with E-state index in [0.717, 1.165) is 6.42 Å². The number of hydrogen-bond acceptors (Lipinski definition) is 4. The minimum atomic E-state index is -0.963. The molecule has 6 nitrogen and oxygen atoms in total. The summed E-state index contributed by atoms with van der Waals surface area (Å²) in [5.74, 6) is -1.80. The molecular formula is C9H20N2O4. The maximum atomic E-state index is 10.2. The summed E-state index contributed by atoms with van der Waals surface area (Å²) in [6.45, 7) is 5.18. The van der Waals surface area contributed by atoms with E-state index in [0.29, 0.717) is 0 Å². The molecule has 0 unspecified atom stereocenters. The first-order chi connectivity index (χ1) is 6.73. The number of carboxylic acid groups (broad SMARTS) is 2. The van der Waals surface area contributed by atoms with Gasteiger partial charge in [0.1, 0.15) is 12.1 Å². The van der Waals surface area contributed by atoms with Crippen LogP contribution in [0, 0.1) is 5.92 Å². The van der Waals surface area contributed by atoms with Crippen LogP contribution in [0.3, 0.4) is 0 Å². The van der Waals surface area contributed by atoms with Gasteiger partial charge in [-0.05, 0) is 12.8 Å². The van der Waals surface area contributed by atoms with Crippen LogP contribution < -0.4 is 11.5 Å². The number of carboxylic acids is 2. The van der Waals surface area contributed by atoms with Crippen LogP contribution >= 0.6 is 0 Å². The minimum absolute atomic E-state index is 0.0718. The van der Waals surface area contributed by atoms with Gasteiger partial charge in [-0.15, -0.1) is 0 Å². The van der Waals surface area contributed by atoms with Crippen LogP contribution in [0.5, 0.6) is 0 Å². The van der Waals surface area contributed by atoms with Crippen LogP contribution in [0.2, 0.25) is 0 Å². The van der Waals surface area contributed by atoms with E-state index in [1.54, 1.807) is 0 Å². The van der Waals surface area contributed by atoms with Crippen LogP contribution in [-0.2, 0) is 9.59 Å². The smallest absolute Gasteiger partial charge is 0.320 e. The zero-order chi connectivity index (χ0) is 12.6. The molecule has 0 aliphatic heterocycles. The Morgan fingerprint density at radius 1 is 1.13 bits per heavy atom. The molecule has 3 atom stereocenters. The van der Waals surface area contributed by atoms with Gasteiger partial charge in [-0.3, -0.25) is 9.59 Å². The largest absolute Gasteiger partial charge is 0.480 e. The highest BCUT2D eigenvalue weighted by molar-refractivity contribution is 5.73. The second-order valence-electron chi connectivity index (χ2n) is 3.38. The summed E-state index contributed by atoms with van der Waals surface area (Å²) in [7, 11) is 0. The molecule has 0 aromatic carbocycles. The zero-order valence-electron chi connectivity index (χ0n) is 9.30. The van der Waals surface area contributed by atoms with E-state index in [1.165, 1.54) is 6.92 Å². The van der Waals surface area contributed by atoms with Gasteiger partial charge in [-0.2, -0.15) is 0 Å². The Hall–Kier alpha value is -1.14. The Bertz CT molecular complexity index is 206. The third-order valence-electron chi connectivity index (χ3n) is 1.93. The Morgan fingerprint density at radius 2 is 1.47 bits per heavy atom. The number of aliphatic carboxylic acids is 2. The Balaban J connectivity index is 0. The molecule has 0 bridgehead atoms. The quantitative estimate of drug-likeness (QED) is 0.522. The lowest BCUT2D eigenvalue weighted by molar-refractivity contribution is -0.140. The van der Waals surface area contributed by atoms with Crippen molar-refractivity contribution in [3.8, 4) is 0 Å². The third-order valence-corrected chi connectivity index (χ3v) is 1.93. The molecule has 15 heavy (non-hydrogen) atoms. The fraction of sp³-hybridized carbons (Fsp3) is 0.778. The van der Waals surface area contributed by atoms with Crippen LogP contribution in [0.15, 0.2) is 0 Å². The number of nitrogens with two attached hydrogens (primary N) is 2. The summed E-state index contributed by atoms with van der Waals surface area (Å²) in [6, 6.07) is -1.43. The van der Waals surface area contributed by atoms with Crippen LogP contribution in [0.4, 0.5) is 0 Å². The minimum Gasteiger partial charge on any atom is -0.480 e. The standard InChI is InChI=1S/C6H13NO2.C3H7NO2/c1-3-4(2)5(7)6(8)9;1-2(4)3(5)6/h4-5H,3,7H2,1-2H3,(H,8,9);2H,4H2,1H3,(H,5,6)/t4-,5-;2-/m01/s1. The highest BCUT2D eigenvalue weighted by atomic mass is 16.4. The second-order valence-corrected chi connectivity index (χ2v) is 3.38. The predicted molar refractivity (Wildman–Crippen MR) is 56.4 cm³/mol. The van der Waals surface area contributed by atoms with Gasteiger partial charge in [0.25, 0.3) is 0 Å². The Morgan fingerprint density at radius 3 is 1.53 bits per heavy atom. The summed E-state index contributed by atoms with van der Waals surface area (Å²) in [5, 5.41) is 16.2. The average Bonchev–Trinajstić information content (AvgIpc) is 2.16. The van der Waals surface area contributed by atoms with Crippen molar-refractivity contribution in [2.24, 2.45) is 17.4 Å². The fourth-order valence-corrected chi connectivity index (χ4v) is 0.497. The van der Waals surface area contributed by atoms with Gasteiger partial charge in [0.05, 0.1) is 0 Å². The average molecular weight is 220 g/mol. The molecule has 0 aromatic rings. The molecule has 0 spiro atoms. The van der Waals surface area contributed by atoms with Crippen molar-refractivity contribution in [2.75, 3.05) is 0 Å². The van der Waals surface area contributed by atoms with Crippen molar-refractivity contribution >= 4 is 11.9 Å². The molecule has 0 heterocycles.